The van der Waals surface area contributed by atoms with E-state index in [2.05, 4.69) is 24.1 Å². The molecule has 0 radical (unpaired) electrons. The number of likely N-dealkylation sites (tertiary alicyclic amines) is 1. The van der Waals surface area contributed by atoms with Crippen molar-refractivity contribution in [1.29, 1.82) is 0 Å². The molecular weight excluding hydrogens is 390 g/mol. The highest BCUT2D eigenvalue weighted by Crippen LogP contribution is 2.25. The van der Waals surface area contributed by atoms with Crippen molar-refractivity contribution in [1.82, 2.24) is 9.88 Å². The van der Waals surface area contributed by atoms with Gasteiger partial charge in [-0.1, -0.05) is 43.7 Å². The molecule has 2 aromatic rings. The number of aromatic nitrogens is 1. The summed E-state index contributed by atoms with van der Waals surface area (Å²) in [7, 11) is 0. The quantitative estimate of drug-likeness (QED) is 0.761. The minimum absolute atomic E-state index is 0.122. The van der Waals surface area contributed by atoms with Crippen molar-refractivity contribution in [3.05, 3.63) is 35.2 Å². The van der Waals surface area contributed by atoms with Crippen LogP contribution in [-0.4, -0.2) is 46.3 Å². The number of carbonyl (C=O) groups is 2. The number of benzene rings is 1. The molecule has 2 amide bonds. The van der Waals surface area contributed by atoms with Crippen LogP contribution in [0.25, 0.3) is 11.3 Å². The van der Waals surface area contributed by atoms with Gasteiger partial charge in [-0.25, -0.2) is 4.98 Å². The van der Waals surface area contributed by atoms with Gasteiger partial charge < -0.3 is 10.2 Å². The van der Waals surface area contributed by atoms with E-state index in [0.29, 0.717) is 22.7 Å². The molecule has 5 nitrogen and oxygen atoms in total. The Balaban J connectivity index is 1.43. The number of carbonyl (C=O) groups excluding carboxylic acids is 2. The number of thioether (sulfide) groups is 1. The van der Waals surface area contributed by atoms with E-state index in [9.17, 15) is 9.59 Å². The van der Waals surface area contributed by atoms with Gasteiger partial charge in [-0.05, 0) is 25.2 Å². The first-order valence-corrected chi connectivity index (χ1v) is 11.6. The van der Waals surface area contributed by atoms with Crippen molar-refractivity contribution in [3.8, 4) is 11.3 Å². The SMILES string of the molecule is Cc1ccc(-c2csc(NC(=O)CSCC(=O)N3CC(C)CC(C)C3)n2)cc1. The van der Waals surface area contributed by atoms with Crippen LogP contribution in [0.2, 0.25) is 0 Å². The van der Waals surface area contributed by atoms with E-state index in [-0.39, 0.29) is 17.6 Å². The van der Waals surface area contributed by atoms with Gasteiger partial charge in [0.2, 0.25) is 11.8 Å². The average molecular weight is 418 g/mol. The number of thiazole rings is 1. The Morgan fingerprint density at radius 1 is 1.18 bits per heavy atom. The lowest BCUT2D eigenvalue weighted by Crippen LogP contribution is -2.43. The van der Waals surface area contributed by atoms with E-state index >= 15 is 0 Å². The van der Waals surface area contributed by atoms with Gasteiger partial charge in [-0.15, -0.1) is 23.1 Å². The summed E-state index contributed by atoms with van der Waals surface area (Å²) >= 11 is 2.78. The standard InChI is InChI=1S/C21H27N3O2S2/c1-14-4-6-17(7-5-14)18-11-28-21(22-18)23-19(25)12-27-13-20(26)24-9-15(2)8-16(3)10-24/h4-7,11,15-16H,8-10,12-13H2,1-3H3,(H,22,23,25). The number of rotatable bonds is 6. The number of hydrogen-bond acceptors (Lipinski definition) is 5. The van der Waals surface area contributed by atoms with Crippen molar-refractivity contribution >= 4 is 40.0 Å². The summed E-state index contributed by atoms with van der Waals surface area (Å²) in [5.41, 5.74) is 3.09. The predicted octanol–water partition coefficient (Wildman–Crippen LogP) is 4.29. The maximum Gasteiger partial charge on any atom is 0.236 e. The summed E-state index contributed by atoms with van der Waals surface area (Å²) in [6.45, 7) is 8.09. The molecule has 1 fully saturated rings. The number of anilines is 1. The van der Waals surface area contributed by atoms with Crippen LogP contribution in [0.4, 0.5) is 5.13 Å². The molecule has 2 atom stereocenters. The van der Waals surface area contributed by atoms with Gasteiger partial charge in [0, 0.05) is 24.0 Å². The first-order valence-electron chi connectivity index (χ1n) is 9.58. The van der Waals surface area contributed by atoms with E-state index in [1.807, 2.05) is 41.5 Å². The fraction of sp³-hybridized carbons (Fsp3) is 0.476. The minimum atomic E-state index is -0.122. The molecule has 1 saturated heterocycles. The zero-order valence-corrected chi connectivity index (χ0v) is 18.2. The Bertz CT molecular complexity index is 809. The summed E-state index contributed by atoms with van der Waals surface area (Å²) in [5, 5.41) is 5.36. The maximum atomic E-state index is 12.4. The molecule has 1 N–H and O–H groups in total. The minimum Gasteiger partial charge on any atom is -0.341 e. The fourth-order valence-corrected chi connectivity index (χ4v) is 4.98. The van der Waals surface area contributed by atoms with Gasteiger partial charge in [-0.2, -0.15) is 0 Å². The first-order chi connectivity index (χ1) is 13.4. The van der Waals surface area contributed by atoms with Crippen LogP contribution < -0.4 is 5.32 Å². The van der Waals surface area contributed by atoms with E-state index < -0.39 is 0 Å². The van der Waals surface area contributed by atoms with Gasteiger partial charge in [-0.3, -0.25) is 9.59 Å². The lowest BCUT2D eigenvalue weighted by molar-refractivity contribution is -0.130. The van der Waals surface area contributed by atoms with Gasteiger partial charge in [0.15, 0.2) is 5.13 Å². The Morgan fingerprint density at radius 2 is 1.86 bits per heavy atom. The highest BCUT2D eigenvalue weighted by Gasteiger charge is 2.25. The Kier molecular flexibility index (Phi) is 7.13. The third-order valence-electron chi connectivity index (χ3n) is 4.78. The highest BCUT2D eigenvalue weighted by atomic mass is 32.2. The van der Waals surface area contributed by atoms with Crippen LogP contribution in [0.1, 0.15) is 25.8 Å². The molecule has 1 aliphatic rings. The molecule has 7 heteroatoms. The molecule has 2 heterocycles. The monoisotopic (exact) mass is 417 g/mol. The number of aryl methyl sites for hydroxylation is 1. The van der Waals surface area contributed by atoms with Gasteiger partial charge >= 0.3 is 0 Å². The van der Waals surface area contributed by atoms with Crippen molar-refractivity contribution < 1.29 is 9.59 Å². The second-order valence-corrected chi connectivity index (χ2v) is 9.53. The fourth-order valence-electron chi connectivity index (χ4n) is 3.53. The van der Waals surface area contributed by atoms with Crippen molar-refractivity contribution in [2.45, 2.75) is 27.2 Å². The normalized spacial score (nSPS) is 19.5. The lowest BCUT2D eigenvalue weighted by atomic mass is 9.92. The Labute approximate surface area is 174 Å². The van der Waals surface area contributed by atoms with Gasteiger partial charge in [0.25, 0.3) is 0 Å². The van der Waals surface area contributed by atoms with Crippen LogP contribution in [0.3, 0.4) is 0 Å². The number of nitrogens with zero attached hydrogens (tertiary/aromatic N) is 2. The second-order valence-electron chi connectivity index (χ2n) is 7.69. The average Bonchev–Trinajstić information content (AvgIpc) is 3.09. The summed E-state index contributed by atoms with van der Waals surface area (Å²) < 4.78 is 0. The van der Waals surface area contributed by atoms with Crippen molar-refractivity contribution in [3.63, 3.8) is 0 Å². The van der Waals surface area contributed by atoms with E-state index in [0.717, 1.165) is 24.3 Å². The number of hydrogen-bond donors (Lipinski definition) is 1. The highest BCUT2D eigenvalue weighted by molar-refractivity contribution is 8.00. The van der Waals surface area contributed by atoms with Gasteiger partial charge in [0.05, 0.1) is 17.2 Å². The summed E-state index contributed by atoms with van der Waals surface area (Å²) in [6, 6.07) is 8.15. The molecule has 1 aromatic carbocycles. The first kappa shape index (κ1) is 20.9. The van der Waals surface area contributed by atoms with E-state index in [1.54, 1.807) is 0 Å². The molecule has 0 bridgehead atoms. The topological polar surface area (TPSA) is 62.3 Å². The number of amides is 2. The molecule has 28 heavy (non-hydrogen) atoms. The molecule has 1 aliphatic heterocycles. The zero-order valence-electron chi connectivity index (χ0n) is 16.6. The Hall–Kier alpha value is -1.86. The molecule has 0 saturated carbocycles. The number of nitrogens with one attached hydrogen (secondary N) is 1. The molecular formula is C21H27N3O2S2. The van der Waals surface area contributed by atoms with Crippen molar-refractivity contribution in [2.75, 3.05) is 29.9 Å². The second kappa shape index (κ2) is 9.56. The van der Waals surface area contributed by atoms with Crippen LogP contribution in [0.5, 0.6) is 0 Å². The molecule has 0 spiro atoms. The lowest BCUT2D eigenvalue weighted by Gasteiger charge is -2.35. The summed E-state index contributed by atoms with van der Waals surface area (Å²) in [6.07, 6.45) is 1.18. The molecule has 3 rings (SSSR count). The summed E-state index contributed by atoms with van der Waals surface area (Å²) in [5.74, 6) is 1.71. The molecule has 150 valence electrons. The third kappa shape index (κ3) is 5.82. The number of piperidine rings is 1. The maximum absolute atomic E-state index is 12.4. The van der Waals surface area contributed by atoms with E-state index in [1.165, 1.54) is 35.1 Å². The Morgan fingerprint density at radius 3 is 2.54 bits per heavy atom. The molecule has 1 aromatic heterocycles. The smallest absolute Gasteiger partial charge is 0.236 e. The third-order valence-corrected chi connectivity index (χ3v) is 6.45. The van der Waals surface area contributed by atoms with Crippen LogP contribution >= 0.6 is 23.1 Å². The largest absolute Gasteiger partial charge is 0.341 e. The molecule has 2 unspecified atom stereocenters. The van der Waals surface area contributed by atoms with E-state index in [4.69, 9.17) is 0 Å². The molecule has 0 aliphatic carbocycles. The van der Waals surface area contributed by atoms with Crippen LogP contribution in [-0.2, 0) is 9.59 Å². The van der Waals surface area contributed by atoms with Gasteiger partial charge in [0.1, 0.15) is 0 Å². The zero-order chi connectivity index (χ0) is 20.1. The van der Waals surface area contributed by atoms with Crippen LogP contribution in [0, 0.1) is 18.8 Å². The predicted molar refractivity (Wildman–Crippen MR) is 118 cm³/mol. The van der Waals surface area contributed by atoms with Crippen molar-refractivity contribution in [2.24, 2.45) is 11.8 Å². The summed E-state index contributed by atoms with van der Waals surface area (Å²) in [4.78, 5) is 31.0. The van der Waals surface area contributed by atoms with Crippen LogP contribution in [0.15, 0.2) is 29.6 Å².